The Hall–Kier alpha value is -3.37. The standard InChI is InChI=1S/C24H27N5O4S/c1-3-34(32,33)28-15-13-27(14-16-28)24-22(17-19-9-11-21(12-10-19)29(30)31)18(2)25-23(26-24)20-7-5-4-6-8-20/h4-12H,3,13-17H2,1-2H3. The molecule has 0 saturated carbocycles. The zero-order valence-electron chi connectivity index (χ0n) is 19.2. The highest BCUT2D eigenvalue weighted by Crippen LogP contribution is 2.29. The molecule has 1 aliphatic heterocycles. The van der Waals surface area contributed by atoms with Gasteiger partial charge >= 0.3 is 0 Å². The molecular weight excluding hydrogens is 454 g/mol. The van der Waals surface area contributed by atoms with Gasteiger partial charge in [-0.15, -0.1) is 0 Å². The number of nitrogens with zero attached hydrogens (tertiary/aromatic N) is 5. The quantitative estimate of drug-likeness (QED) is 0.376. The zero-order chi connectivity index (χ0) is 24.3. The van der Waals surface area contributed by atoms with Crippen LogP contribution in [0.3, 0.4) is 0 Å². The Morgan fingerprint density at radius 1 is 0.971 bits per heavy atom. The average molecular weight is 482 g/mol. The lowest BCUT2D eigenvalue weighted by molar-refractivity contribution is -0.384. The summed E-state index contributed by atoms with van der Waals surface area (Å²) in [7, 11) is -3.24. The van der Waals surface area contributed by atoms with Crippen molar-refractivity contribution in [2.75, 3.05) is 36.8 Å². The van der Waals surface area contributed by atoms with E-state index in [1.165, 1.54) is 16.4 Å². The van der Waals surface area contributed by atoms with Gasteiger partial charge in [0.15, 0.2) is 5.82 Å². The molecule has 3 aromatic rings. The van der Waals surface area contributed by atoms with Crippen molar-refractivity contribution in [1.82, 2.24) is 14.3 Å². The van der Waals surface area contributed by atoms with E-state index in [2.05, 4.69) is 4.90 Å². The maximum atomic E-state index is 12.3. The predicted molar refractivity (Wildman–Crippen MR) is 131 cm³/mol. The molecule has 0 N–H and O–H groups in total. The smallest absolute Gasteiger partial charge is 0.269 e. The van der Waals surface area contributed by atoms with Gasteiger partial charge in [-0.05, 0) is 19.4 Å². The summed E-state index contributed by atoms with van der Waals surface area (Å²) >= 11 is 0. The second kappa shape index (κ2) is 9.86. The van der Waals surface area contributed by atoms with Gasteiger partial charge in [0.1, 0.15) is 5.82 Å². The van der Waals surface area contributed by atoms with Crippen LogP contribution in [0.2, 0.25) is 0 Å². The normalized spacial score (nSPS) is 14.8. The molecule has 0 spiro atoms. The second-order valence-corrected chi connectivity index (χ2v) is 10.4. The molecule has 0 bridgehead atoms. The number of nitro groups is 1. The molecule has 1 aromatic heterocycles. The average Bonchev–Trinajstić information content (AvgIpc) is 2.86. The Bertz CT molecular complexity index is 1270. The molecule has 2 heterocycles. The molecule has 10 heteroatoms. The minimum Gasteiger partial charge on any atom is -0.354 e. The summed E-state index contributed by atoms with van der Waals surface area (Å²) in [4.78, 5) is 22.4. The van der Waals surface area contributed by atoms with Crippen molar-refractivity contribution in [3.8, 4) is 11.4 Å². The van der Waals surface area contributed by atoms with E-state index in [1.54, 1.807) is 19.1 Å². The van der Waals surface area contributed by atoms with Crippen LogP contribution in [0.4, 0.5) is 11.5 Å². The summed E-state index contributed by atoms with van der Waals surface area (Å²) in [6.07, 6.45) is 0.516. The van der Waals surface area contributed by atoms with Crippen LogP contribution in [0, 0.1) is 17.0 Å². The number of hydrogen-bond acceptors (Lipinski definition) is 7. The van der Waals surface area contributed by atoms with E-state index in [9.17, 15) is 18.5 Å². The van der Waals surface area contributed by atoms with E-state index < -0.39 is 14.9 Å². The van der Waals surface area contributed by atoms with Gasteiger partial charge in [0.05, 0.1) is 10.7 Å². The van der Waals surface area contributed by atoms with Crippen molar-refractivity contribution in [3.63, 3.8) is 0 Å². The van der Waals surface area contributed by atoms with E-state index in [-0.39, 0.29) is 11.4 Å². The van der Waals surface area contributed by atoms with Gasteiger partial charge in [0.2, 0.25) is 10.0 Å². The van der Waals surface area contributed by atoms with Crippen molar-refractivity contribution in [1.29, 1.82) is 0 Å². The number of piperazine rings is 1. The Labute approximate surface area is 199 Å². The number of non-ortho nitro benzene ring substituents is 1. The summed E-state index contributed by atoms with van der Waals surface area (Å²) in [6.45, 7) is 5.45. The van der Waals surface area contributed by atoms with Crippen LogP contribution < -0.4 is 4.90 Å². The van der Waals surface area contributed by atoms with Crippen LogP contribution >= 0.6 is 0 Å². The van der Waals surface area contributed by atoms with Crippen molar-refractivity contribution < 1.29 is 13.3 Å². The lowest BCUT2D eigenvalue weighted by atomic mass is 10.0. The highest BCUT2D eigenvalue weighted by atomic mass is 32.2. The third-order valence-electron chi connectivity index (χ3n) is 6.05. The summed E-state index contributed by atoms with van der Waals surface area (Å²) < 4.78 is 26.1. The number of hydrogen-bond donors (Lipinski definition) is 0. The van der Waals surface area contributed by atoms with Crippen LogP contribution in [-0.4, -0.2) is 59.5 Å². The van der Waals surface area contributed by atoms with Crippen LogP contribution in [-0.2, 0) is 16.4 Å². The zero-order valence-corrected chi connectivity index (χ0v) is 20.0. The van der Waals surface area contributed by atoms with Crippen LogP contribution in [0.15, 0.2) is 54.6 Å². The van der Waals surface area contributed by atoms with Gasteiger partial charge in [0, 0.05) is 61.6 Å². The molecule has 178 valence electrons. The molecule has 1 saturated heterocycles. The van der Waals surface area contributed by atoms with E-state index in [0.29, 0.717) is 38.4 Å². The van der Waals surface area contributed by atoms with Gasteiger partial charge in [-0.25, -0.2) is 18.4 Å². The SMILES string of the molecule is CCS(=O)(=O)N1CCN(c2nc(-c3ccccc3)nc(C)c2Cc2ccc([N+](=O)[O-])cc2)CC1. The Morgan fingerprint density at radius 3 is 2.21 bits per heavy atom. The fraction of sp³-hybridized carbons (Fsp3) is 0.333. The van der Waals surface area contributed by atoms with E-state index in [1.807, 2.05) is 37.3 Å². The predicted octanol–water partition coefficient (Wildman–Crippen LogP) is 3.42. The fourth-order valence-corrected chi connectivity index (χ4v) is 5.15. The second-order valence-electron chi connectivity index (χ2n) is 8.19. The topological polar surface area (TPSA) is 110 Å². The maximum absolute atomic E-state index is 12.3. The molecule has 0 aliphatic carbocycles. The van der Waals surface area contributed by atoms with Gasteiger partial charge in [-0.2, -0.15) is 4.31 Å². The van der Waals surface area contributed by atoms with Crippen molar-refractivity contribution in [3.05, 3.63) is 81.5 Å². The maximum Gasteiger partial charge on any atom is 0.269 e. The van der Waals surface area contributed by atoms with Crippen LogP contribution in [0.1, 0.15) is 23.7 Å². The molecule has 34 heavy (non-hydrogen) atoms. The lowest BCUT2D eigenvalue weighted by Crippen LogP contribution is -2.49. The largest absolute Gasteiger partial charge is 0.354 e. The molecule has 2 aromatic carbocycles. The Kier molecular flexibility index (Phi) is 6.90. The number of sulfonamides is 1. The first-order chi connectivity index (χ1) is 16.3. The first-order valence-electron chi connectivity index (χ1n) is 11.2. The molecule has 0 radical (unpaired) electrons. The lowest BCUT2D eigenvalue weighted by Gasteiger charge is -2.35. The monoisotopic (exact) mass is 481 g/mol. The number of benzene rings is 2. The number of nitro benzene ring substituents is 1. The summed E-state index contributed by atoms with van der Waals surface area (Å²) in [5.41, 5.74) is 3.62. The van der Waals surface area contributed by atoms with Gasteiger partial charge in [-0.3, -0.25) is 10.1 Å². The van der Waals surface area contributed by atoms with Crippen LogP contribution in [0.5, 0.6) is 0 Å². The van der Waals surface area contributed by atoms with E-state index >= 15 is 0 Å². The third kappa shape index (κ3) is 5.07. The summed E-state index contributed by atoms with van der Waals surface area (Å²) in [5, 5.41) is 11.0. The Morgan fingerprint density at radius 2 is 1.62 bits per heavy atom. The number of anilines is 1. The summed E-state index contributed by atoms with van der Waals surface area (Å²) in [6, 6.07) is 16.2. The van der Waals surface area contributed by atoms with Crippen molar-refractivity contribution in [2.24, 2.45) is 0 Å². The third-order valence-corrected chi connectivity index (χ3v) is 7.93. The highest BCUT2D eigenvalue weighted by molar-refractivity contribution is 7.89. The molecule has 1 aliphatic rings. The number of aromatic nitrogens is 2. The molecule has 9 nitrogen and oxygen atoms in total. The number of rotatable bonds is 7. The van der Waals surface area contributed by atoms with Crippen LogP contribution in [0.25, 0.3) is 11.4 Å². The minimum atomic E-state index is -3.24. The summed E-state index contributed by atoms with van der Waals surface area (Å²) in [5.74, 6) is 1.48. The molecule has 0 amide bonds. The molecule has 0 atom stereocenters. The number of aryl methyl sites for hydroxylation is 1. The van der Waals surface area contributed by atoms with Crippen molar-refractivity contribution >= 4 is 21.5 Å². The fourth-order valence-electron chi connectivity index (χ4n) is 4.07. The molecule has 4 rings (SSSR count). The molecular formula is C24H27N5O4S. The molecule has 1 fully saturated rings. The molecule has 0 unspecified atom stereocenters. The van der Waals surface area contributed by atoms with E-state index in [0.717, 1.165) is 28.2 Å². The highest BCUT2D eigenvalue weighted by Gasteiger charge is 2.28. The van der Waals surface area contributed by atoms with Gasteiger partial charge in [-0.1, -0.05) is 42.5 Å². The van der Waals surface area contributed by atoms with Crippen molar-refractivity contribution in [2.45, 2.75) is 20.3 Å². The first-order valence-corrected chi connectivity index (χ1v) is 12.8. The van der Waals surface area contributed by atoms with Gasteiger partial charge < -0.3 is 4.90 Å². The minimum absolute atomic E-state index is 0.0460. The Balaban J connectivity index is 1.70. The first kappa shape index (κ1) is 23.8. The van der Waals surface area contributed by atoms with Gasteiger partial charge in [0.25, 0.3) is 5.69 Å². The van der Waals surface area contributed by atoms with E-state index in [4.69, 9.17) is 9.97 Å².